The van der Waals surface area contributed by atoms with E-state index in [9.17, 15) is 13.2 Å². The van der Waals surface area contributed by atoms with Crippen molar-refractivity contribution in [3.05, 3.63) is 16.4 Å². The van der Waals surface area contributed by atoms with Gasteiger partial charge in [0.15, 0.2) is 11.3 Å². The summed E-state index contributed by atoms with van der Waals surface area (Å²) in [5.74, 6) is 0.256. The molecule has 20 heavy (non-hydrogen) atoms. The van der Waals surface area contributed by atoms with Gasteiger partial charge in [-0.15, -0.1) is 23.4 Å². The average molecular weight is 348 g/mol. The van der Waals surface area contributed by atoms with Crippen molar-refractivity contribution in [3.63, 3.8) is 0 Å². The lowest BCUT2D eigenvalue weighted by Gasteiger charge is -2.16. The number of rotatable bonds is 3. The van der Waals surface area contributed by atoms with Crippen LogP contribution in [0, 0.1) is 0 Å². The van der Waals surface area contributed by atoms with Crippen LogP contribution in [0.3, 0.4) is 0 Å². The Kier molecular flexibility index (Phi) is 4.46. The van der Waals surface area contributed by atoms with E-state index in [1.807, 2.05) is 0 Å². The lowest BCUT2D eigenvalue weighted by atomic mass is 10.1. The Hall–Kier alpha value is -0.600. The number of nitrogens with zero attached hydrogens (tertiary/aromatic N) is 2. The van der Waals surface area contributed by atoms with Gasteiger partial charge in [-0.2, -0.15) is 18.3 Å². The molecular weight excluding hydrogens is 338 g/mol. The zero-order valence-electron chi connectivity index (χ0n) is 10.2. The molecule has 0 spiro atoms. The van der Waals surface area contributed by atoms with Gasteiger partial charge in [-0.25, -0.2) is 0 Å². The molecule has 2 heterocycles. The quantitative estimate of drug-likeness (QED) is 0.839. The first-order valence-electron chi connectivity index (χ1n) is 5.49. The van der Waals surface area contributed by atoms with Crippen LogP contribution >= 0.6 is 35.0 Å². The van der Waals surface area contributed by atoms with Gasteiger partial charge in [0.25, 0.3) is 0 Å². The highest BCUT2D eigenvalue weighted by Crippen LogP contribution is 2.37. The fourth-order valence-corrected chi connectivity index (χ4v) is 3.07. The molecule has 1 atom stereocenters. The van der Waals surface area contributed by atoms with Crippen LogP contribution in [0.1, 0.15) is 24.6 Å². The zero-order chi connectivity index (χ0) is 15.0. The van der Waals surface area contributed by atoms with Gasteiger partial charge in [0.05, 0.1) is 5.88 Å². The second-order valence-electron chi connectivity index (χ2n) is 4.49. The number of hydrogen-bond acceptors (Lipinski definition) is 4. The molecule has 1 aromatic rings. The molecule has 10 heteroatoms. The van der Waals surface area contributed by atoms with E-state index in [-0.39, 0.29) is 22.3 Å². The van der Waals surface area contributed by atoms with Gasteiger partial charge >= 0.3 is 6.18 Å². The number of halogens is 5. The normalized spacial score (nSPS) is 22.8. The maximum absolute atomic E-state index is 12.7. The summed E-state index contributed by atoms with van der Waals surface area (Å²) in [7, 11) is 0. The number of alkyl halides is 4. The van der Waals surface area contributed by atoms with E-state index in [4.69, 9.17) is 28.0 Å². The highest BCUT2D eigenvalue weighted by atomic mass is 35.5. The van der Waals surface area contributed by atoms with Crippen LogP contribution in [0.15, 0.2) is 5.16 Å². The van der Waals surface area contributed by atoms with E-state index in [1.165, 1.54) is 0 Å². The largest absolute Gasteiger partial charge is 0.435 e. The number of aromatic nitrogens is 2. The standard InChI is InChI=1S/C10H10Cl2F3N3OS/c1-9(4-11)2-6(18-19-9)20-3-5-7(10(13,14)15)16-17-8(5)12/h2-4H2,1H3,(H,16,17). The molecular formula is C10H10Cl2F3N3OS. The summed E-state index contributed by atoms with van der Waals surface area (Å²) in [5.41, 5.74) is -1.70. The summed E-state index contributed by atoms with van der Waals surface area (Å²) in [6.07, 6.45) is -4.09. The Labute approximate surface area is 127 Å². The Morgan fingerprint density at radius 1 is 1.50 bits per heavy atom. The Balaban J connectivity index is 2.04. The molecule has 1 N–H and O–H groups in total. The third kappa shape index (κ3) is 3.35. The Morgan fingerprint density at radius 2 is 2.20 bits per heavy atom. The number of H-pyrrole nitrogens is 1. The molecule has 0 radical (unpaired) electrons. The maximum Gasteiger partial charge on any atom is 0.435 e. The Morgan fingerprint density at radius 3 is 2.75 bits per heavy atom. The van der Waals surface area contributed by atoms with E-state index >= 15 is 0 Å². The lowest BCUT2D eigenvalue weighted by molar-refractivity contribution is -0.141. The van der Waals surface area contributed by atoms with Crippen LogP contribution in [0.2, 0.25) is 5.15 Å². The van der Waals surface area contributed by atoms with Crippen LogP contribution in [-0.4, -0.2) is 26.7 Å². The van der Waals surface area contributed by atoms with Gasteiger partial charge in [0.1, 0.15) is 10.2 Å². The first kappa shape index (κ1) is 15.8. The summed E-state index contributed by atoms with van der Waals surface area (Å²) < 4.78 is 38.2. The molecule has 4 nitrogen and oxygen atoms in total. The molecule has 1 aromatic heterocycles. The molecule has 1 aliphatic heterocycles. The first-order valence-corrected chi connectivity index (χ1v) is 7.39. The fraction of sp³-hybridized carbons (Fsp3) is 0.600. The summed E-state index contributed by atoms with van der Waals surface area (Å²) in [6, 6.07) is 0. The van der Waals surface area contributed by atoms with Crippen LogP contribution in [-0.2, 0) is 16.8 Å². The monoisotopic (exact) mass is 347 g/mol. The van der Waals surface area contributed by atoms with Crippen LogP contribution in [0.5, 0.6) is 0 Å². The van der Waals surface area contributed by atoms with Gasteiger partial charge in [-0.1, -0.05) is 16.8 Å². The number of hydrogen-bond donors (Lipinski definition) is 1. The molecule has 0 bridgehead atoms. The molecule has 112 valence electrons. The molecule has 0 fully saturated rings. The molecule has 0 saturated heterocycles. The zero-order valence-corrected chi connectivity index (χ0v) is 12.6. The summed E-state index contributed by atoms with van der Waals surface area (Å²) in [6.45, 7) is 1.78. The van der Waals surface area contributed by atoms with Crippen molar-refractivity contribution in [2.45, 2.75) is 30.9 Å². The Bertz CT molecular complexity index is 534. The fourth-order valence-electron chi connectivity index (χ4n) is 1.56. The first-order chi connectivity index (χ1) is 9.25. The number of thioether (sulfide) groups is 1. The topological polar surface area (TPSA) is 50.3 Å². The highest BCUT2D eigenvalue weighted by molar-refractivity contribution is 8.13. The molecule has 0 aliphatic carbocycles. The number of aromatic amines is 1. The predicted octanol–water partition coefficient (Wildman–Crippen LogP) is 4.05. The van der Waals surface area contributed by atoms with Crippen molar-refractivity contribution in [1.29, 1.82) is 0 Å². The molecule has 1 aliphatic rings. The maximum atomic E-state index is 12.7. The second-order valence-corrected chi connectivity index (χ2v) is 6.18. The molecule has 0 aromatic carbocycles. The van der Waals surface area contributed by atoms with E-state index in [2.05, 4.69) is 15.4 Å². The van der Waals surface area contributed by atoms with Gasteiger partial charge in [0, 0.05) is 17.7 Å². The molecule has 0 amide bonds. The van der Waals surface area contributed by atoms with Gasteiger partial charge in [-0.05, 0) is 6.92 Å². The van der Waals surface area contributed by atoms with Crippen molar-refractivity contribution in [3.8, 4) is 0 Å². The van der Waals surface area contributed by atoms with E-state index in [0.717, 1.165) is 11.8 Å². The number of nitrogens with one attached hydrogen (secondary N) is 1. The smallest absolute Gasteiger partial charge is 0.387 e. The minimum Gasteiger partial charge on any atom is -0.387 e. The highest BCUT2D eigenvalue weighted by Gasteiger charge is 2.38. The van der Waals surface area contributed by atoms with Crippen molar-refractivity contribution in [1.82, 2.24) is 10.2 Å². The lowest BCUT2D eigenvalue weighted by Crippen LogP contribution is -2.26. The van der Waals surface area contributed by atoms with E-state index in [1.54, 1.807) is 6.92 Å². The third-order valence-electron chi connectivity index (χ3n) is 2.64. The van der Waals surface area contributed by atoms with Gasteiger partial charge in [-0.3, -0.25) is 5.10 Å². The molecule has 0 saturated carbocycles. The number of oxime groups is 1. The van der Waals surface area contributed by atoms with Gasteiger partial charge < -0.3 is 4.84 Å². The summed E-state index contributed by atoms with van der Waals surface area (Å²) >= 11 is 12.6. The SMILES string of the molecule is CC1(CCl)CC(SCc2c(C(F)(F)F)n[nH]c2Cl)=NO1. The second kappa shape index (κ2) is 5.65. The van der Waals surface area contributed by atoms with Crippen molar-refractivity contribution >= 4 is 40.0 Å². The molecule has 2 rings (SSSR count). The molecule has 1 unspecified atom stereocenters. The summed E-state index contributed by atoms with van der Waals surface area (Å²) in [4.78, 5) is 5.16. The van der Waals surface area contributed by atoms with E-state index in [0.29, 0.717) is 11.5 Å². The van der Waals surface area contributed by atoms with Crippen molar-refractivity contribution in [2.75, 3.05) is 5.88 Å². The van der Waals surface area contributed by atoms with Crippen molar-refractivity contribution in [2.24, 2.45) is 5.16 Å². The summed E-state index contributed by atoms with van der Waals surface area (Å²) in [5, 5.41) is 9.61. The minimum atomic E-state index is -4.54. The van der Waals surface area contributed by atoms with Crippen molar-refractivity contribution < 1.29 is 18.0 Å². The van der Waals surface area contributed by atoms with Crippen LogP contribution in [0.25, 0.3) is 0 Å². The minimum absolute atomic E-state index is 0.00470. The third-order valence-corrected chi connectivity index (χ3v) is 4.51. The predicted molar refractivity (Wildman–Crippen MR) is 72.2 cm³/mol. The van der Waals surface area contributed by atoms with Gasteiger partial charge in [0.2, 0.25) is 0 Å². The van der Waals surface area contributed by atoms with E-state index < -0.39 is 17.5 Å². The van der Waals surface area contributed by atoms with Crippen LogP contribution < -0.4 is 0 Å². The van der Waals surface area contributed by atoms with Crippen LogP contribution in [0.4, 0.5) is 13.2 Å². The average Bonchev–Trinajstić information content (AvgIpc) is 2.91.